The fourth-order valence-electron chi connectivity index (χ4n) is 1.33. The number of anilines is 1. The van der Waals surface area contributed by atoms with Crippen LogP contribution in [0.5, 0.6) is 0 Å². The Bertz CT molecular complexity index is 386. The van der Waals surface area contributed by atoms with Crippen molar-refractivity contribution in [1.29, 1.82) is 0 Å². The van der Waals surface area contributed by atoms with Gasteiger partial charge in [-0.3, -0.25) is 4.79 Å². The second-order valence-electron chi connectivity index (χ2n) is 3.20. The van der Waals surface area contributed by atoms with Crippen LogP contribution >= 0.6 is 0 Å². The Morgan fingerprint density at radius 3 is 2.50 bits per heavy atom. The lowest BCUT2D eigenvalue weighted by atomic mass is 10.2. The van der Waals surface area contributed by atoms with Gasteiger partial charge in [0, 0.05) is 0 Å². The SMILES string of the molecule is CC1=NN(c2ccccc2)C(=O)C1N. The van der Waals surface area contributed by atoms with Gasteiger partial charge in [0.05, 0.1) is 11.4 Å². The van der Waals surface area contributed by atoms with Gasteiger partial charge in [0.1, 0.15) is 6.04 Å². The van der Waals surface area contributed by atoms with Gasteiger partial charge in [-0.15, -0.1) is 0 Å². The van der Waals surface area contributed by atoms with E-state index in [9.17, 15) is 4.79 Å². The minimum atomic E-state index is -0.588. The van der Waals surface area contributed by atoms with Crippen LogP contribution in [0.15, 0.2) is 35.4 Å². The van der Waals surface area contributed by atoms with Crippen molar-refractivity contribution in [2.75, 3.05) is 5.01 Å². The van der Waals surface area contributed by atoms with Crippen molar-refractivity contribution < 1.29 is 4.79 Å². The van der Waals surface area contributed by atoms with E-state index in [-0.39, 0.29) is 5.91 Å². The molecule has 1 unspecified atom stereocenters. The van der Waals surface area contributed by atoms with Crippen LogP contribution < -0.4 is 10.7 Å². The predicted molar refractivity (Wildman–Crippen MR) is 55.0 cm³/mol. The number of carbonyl (C=O) groups excluding carboxylic acids is 1. The zero-order chi connectivity index (χ0) is 10.1. The molecule has 1 aromatic carbocycles. The maximum absolute atomic E-state index is 11.6. The Hall–Kier alpha value is -1.68. The van der Waals surface area contributed by atoms with Gasteiger partial charge in [0.25, 0.3) is 5.91 Å². The molecule has 0 saturated carbocycles. The number of para-hydroxylation sites is 1. The van der Waals surface area contributed by atoms with Gasteiger partial charge in [-0.2, -0.15) is 10.1 Å². The van der Waals surface area contributed by atoms with Gasteiger partial charge in [-0.25, -0.2) is 0 Å². The van der Waals surface area contributed by atoms with Crippen LogP contribution in [0, 0.1) is 0 Å². The molecule has 72 valence electrons. The number of rotatable bonds is 1. The average Bonchev–Trinajstić information content (AvgIpc) is 2.47. The van der Waals surface area contributed by atoms with Crippen molar-refractivity contribution in [3.63, 3.8) is 0 Å². The Labute approximate surface area is 82.0 Å². The molecule has 1 aliphatic heterocycles. The van der Waals surface area contributed by atoms with E-state index in [4.69, 9.17) is 5.73 Å². The summed E-state index contributed by atoms with van der Waals surface area (Å²) < 4.78 is 0. The molecular formula is C10H11N3O. The molecule has 1 heterocycles. The molecule has 2 N–H and O–H groups in total. The van der Waals surface area contributed by atoms with Crippen LogP contribution in [0.2, 0.25) is 0 Å². The number of carbonyl (C=O) groups is 1. The second-order valence-corrected chi connectivity index (χ2v) is 3.20. The first-order valence-corrected chi connectivity index (χ1v) is 4.40. The molecule has 1 aromatic rings. The first-order chi connectivity index (χ1) is 6.70. The highest BCUT2D eigenvalue weighted by atomic mass is 16.2. The van der Waals surface area contributed by atoms with E-state index >= 15 is 0 Å². The smallest absolute Gasteiger partial charge is 0.270 e. The molecule has 1 aliphatic rings. The third-order valence-corrected chi connectivity index (χ3v) is 2.18. The fourth-order valence-corrected chi connectivity index (χ4v) is 1.33. The van der Waals surface area contributed by atoms with E-state index in [1.807, 2.05) is 30.3 Å². The Kier molecular flexibility index (Phi) is 2.05. The number of hydrogen-bond acceptors (Lipinski definition) is 3. The van der Waals surface area contributed by atoms with Gasteiger partial charge in [-0.1, -0.05) is 18.2 Å². The molecule has 4 nitrogen and oxygen atoms in total. The molecule has 1 amide bonds. The molecular weight excluding hydrogens is 178 g/mol. The molecule has 1 atom stereocenters. The summed E-state index contributed by atoms with van der Waals surface area (Å²) in [6.45, 7) is 1.76. The van der Waals surface area contributed by atoms with E-state index < -0.39 is 6.04 Å². The predicted octanol–water partition coefficient (Wildman–Crippen LogP) is 0.736. The van der Waals surface area contributed by atoms with E-state index in [2.05, 4.69) is 5.10 Å². The summed E-state index contributed by atoms with van der Waals surface area (Å²) in [6, 6.07) is 8.67. The summed E-state index contributed by atoms with van der Waals surface area (Å²) in [4.78, 5) is 11.6. The lowest BCUT2D eigenvalue weighted by Crippen LogP contribution is -2.38. The van der Waals surface area contributed by atoms with Gasteiger partial charge >= 0.3 is 0 Å². The van der Waals surface area contributed by atoms with Crippen LogP contribution in [0.3, 0.4) is 0 Å². The van der Waals surface area contributed by atoms with Crippen LogP contribution in [0.4, 0.5) is 5.69 Å². The Morgan fingerprint density at radius 1 is 1.36 bits per heavy atom. The van der Waals surface area contributed by atoms with Crippen molar-refractivity contribution in [1.82, 2.24) is 0 Å². The summed E-state index contributed by atoms with van der Waals surface area (Å²) in [5, 5.41) is 5.44. The van der Waals surface area contributed by atoms with Crippen molar-refractivity contribution in [3.05, 3.63) is 30.3 Å². The molecule has 0 aliphatic carbocycles. The van der Waals surface area contributed by atoms with Gasteiger partial charge in [0.2, 0.25) is 0 Å². The van der Waals surface area contributed by atoms with E-state index in [1.54, 1.807) is 6.92 Å². The average molecular weight is 189 g/mol. The quantitative estimate of drug-likeness (QED) is 0.708. The highest BCUT2D eigenvalue weighted by Crippen LogP contribution is 2.18. The number of hydrogen-bond donors (Lipinski definition) is 1. The van der Waals surface area contributed by atoms with Crippen molar-refractivity contribution in [2.45, 2.75) is 13.0 Å². The third kappa shape index (κ3) is 1.29. The maximum atomic E-state index is 11.6. The molecule has 0 radical (unpaired) electrons. The zero-order valence-electron chi connectivity index (χ0n) is 7.84. The monoisotopic (exact) mass is 189 g/mol. The maximum Gasteiger partial charge on any atom is 0.270 e. The minimum Gasteiger partial charge on any atom is -0.315 e. The summed E-state index contributed by atoms with van der Waals surface area (Å²) in [7, 11) is 0. The van der Waals surface area contributed by atoms with Crippen LogP contribution in [-0.4, -0.2) is 17.7 Å². The Balaban J connectivity index is 2.35. The molecule has 4 heteroatoms. The molecule has 0 aromatic heterocycles. The fraction of sp³-hybridized carbons (Fsp3) is 0.200. The Morgan fingerprint density at radius 2 is 2.00 bits per heavy atom. The first-order valence-electron chi connectivity index (χ1n) is 4.40. The van der Waals surface area contributed by atoms with Gasteiger partial charge in [0.15, 0.2) is 0 Å². The highest BCUT2D eigenvalue weighted by Gasteiger charge is 2.30. The van der Waals surface area contributed by atoms with Crippen molar-refractivity contribution in [2.24, 2.45) is 10.8 Å². The summed E-state index contributed by atoms with van der Waals surface area (Å²) in [6.07, 6.45) is 0. The summed E-state index contributed by atoms with van der Waals surface area (Å²) in [5.74, 6) is -0.172. The summed E-state index contributed by atoms with van der Waals surface area (Å²) >= 11 is 0. The van der Waals surface area contributed by atoms with Crippen LogP contribution in [-0.2, 0) is 4.79 Å². The van der Waals surface area contributed by atoms with E-state index in [0.29, 0.717) is 5.71 Å². The van der Waals surface area contributed by atoms with Crippen molar-refractivity contribution in [3.8, 4) is 0 Å². The van der Waals surface area contributed by atoms with Crippen molar-refractivity contribution >= 4 is 17.3 Å². The van der Waals surface area contributed by atoms with Gasteiger partial charge in [-0.05, 0) is 19.1 Å². The molecule has 0 saturated heterocycles. The van der Waals surface area contributed by atoms with E-state index in [1.165, 1.54) is 5.01 Å². The molecule has 2 rings (SSSR count). The number of hydrazone groups is 1. The largest absolute Gasteiger partial charge is 0.315 e. The number of nitrogens with zero attached hydrogens (tertiary/aromatic N) is 2. The lowest BCUT2D eigenvalue weighted by molar-refractivity contribution is -0.117. The first kappa shape index (κ1) is 8.90. The highest BCUT2D eigenvalue weighted by molar-refractivity contribution is 6.17. The van der Waals surface area contributed by atoms with Gasteiger partial charge < -0.3 is 5.73 Å². The van der Waals surface area contributed by atoms with E-state index in [0.717, 1.165) is 5.69 Å². The molecule has 14 heavy (non-hydrogen) atoms. The molecule has 0 fully saturated rings. The number of nitrogens with two attached hydrogens (primary N) is 1. The van der Waals surface area contributed by atoms with Crippen LogP contribution in [0.25, 0.3) is 0 Å². The lowest BCUT2D eigenvalue weighted by Gasteiger charge is -2.11. The number of amides is 1. The standard InChI is InChI=1S/C10H11N3O/c1-7-9(11)10(14)13(12-7)8-5-3-2-4-6-8/h2-6,9H,11H2,1H3. The summed E-state index contributed by atoms with van der Waals surface area (Å²) in [5.41, 5.74) is 7.03. The normalized spacial score (nSPS) is 21.3. The zero-order valence-corrected chi connectivity index (χ0v) is 7.84. The minimum absolute atomic E-state index is 0.172. The number of benzene rings is 1. The third-order valence-electron chi connectivity index (χ3n) is 2.18. The molecule has 0 bridgehead atoms. The van der Waals surface area contributed by atoms with Crippen LogP contribution in [0.1, 0.15) is 6.92 Å². The molecule has 0 spiro atoms. The topological polar surface area (TPSA) is 58.7 Å². The second kappa shape index (κ2) is 3.23.